The van der Waals surface area contributed by atoms with E-state index in [1.54, 1.807) is 18.3 Å². The predicted octanol–water partition coefficient (Wildman–Crippen LogP) is 3.55. The fourth-order valence-corrected chi connectivity index (χ4v) is 1.90. The van der Waals surface area contributed by atoms with Gasteiger partial charge in [0.1, 0.15) is 5.75 Å². The summed E-state index contributed by atoms with van der Waals surface area (Å²) >= 11 is 5.77. The zero-order valence-corrected chi connectivity index (χ0v) is 12.1. The minimum Gasteiger partial charge on any atom is -0.448 e. The fraction of sp³-hybridized carbons (Fsp3) is 0.214. The fourth-order valence-electron chi connectivity index (χ4n) is 1.73. The van der Waals surface area contributed by atoms with Gasteiger partial charge in [0, 0.05) is 23.8 Å². The molecule has 1 aromatic heterocycles. The highest BCUT2D eigenvalue weighted by Gasteiger charge is 2.16. The molecule has 0 aliphatic rings. The van der Waals surface area contributed by atoms with E-state index in [-0.39, 0.29) is 16.5 Å². The number of nitro groups is 1. The summed E-state index contributed by atoms with van der Waals surface area (Å²) in [6.45, 7) is 3.50. The molecule has 1 aromatic carbocycles. The number of nitrogens with one attached hydrogen (secondary N) is 1. The van der Waals surface area contributed by atoms with Crippen LogP contribution in [0.25, 0.3) is 0 Å². The lowest BCUT2D eigenvalue weighted by molar-refractivity contribution is -0.385. The number of hydrogen-bond donors (Lipinski definition) is 1. The molecule has 0 radical (unpaired) electrons. The molecule has 21 heavy (non-hydrogen) atoms. The Labute approximate surface area is 126 Å². The molecule has 7 heteroatoms. The van der Waals surface area contributed by atoms with Gasteiger partial charge in [0.25, 0.3) is 0 Å². The summed E-state index contributed by atoms with van der Waals surface area (Å²) in [5.41, 5.74) is 0.755. The Bertz CT molecular complexity index is 649. The van der Waals surface area contributed by atoms with Crippen LogP contribution in [0.5, 0.6) is 11.5 Å². The van der Waals surface area contributed by atoms with Crippen molar-refractivity contribution in [2.24, 2.45) is 0 Å². The largest absolute Gasteiger partial charge is 0.448 e. The van der Waals surface area contributed by atoms with Crippen LogP contribution >= 0.6 is 11.6 Å². The van der Waals surface area contributed by atoms with E-state index in [9.17, 15) is 10.1 Å². The van der Waals surface area contributed by atoms with Gasteiger partial charge in [-0.25, -0.2) is 0 Å². The molecule has 6 nitrogen and oxygen atoms in total. The number of hydrogen-bond acceptors (Lipinski definition) is 5. The van der Waals surface area contributed by atoms with E-state index in [2.05, 4.69) is 10.3 Å². The van der Waals surface area contributed by atoms with Gasteiger partial charge in [0.05, 0.1) is 11.1 Å². The smallest absolute Gasteiger partial charge is 0.313 e. The van der Waals surface area contributed by atoms with Gasteiger partial charge in [-0.1, -0.05) is 18.5 Å². The van der Waals surface area contributed by atoms with Crippen LogP contribution in [0, 0.1) is 10.1 Å². The summed E-state index contributed by atoms with van der Waals surface area (Å²) in [6, 6.07) is 6.05. The third-order valence-corrected chi connectivity index (χ3v) is 2.93. The molecule has 0 unspecified atom stereocenters. The van der Waals surface area contributed by atoms with Crippen LogP contribution in [-0.4, -0.2) is 16.5 Å². The second kappa shape index (κ2) is 7.01. The lowest BCUT2D eigenvalue weighted by Crippen LogP contribution is -2.11. The van der Waals surface area contributed by atoms with Crippen molar-refractivity contribution in [3.63, 3.8) is 0 Å². The molecule has 110 valence electrons. The van der Waals surface area contributed by atoms with Crippen LogP contribution in [0.3, 0.4) is 0 Å². The number of nitro benzene ring substituents is 1. The number of ether oxygens (including phenoxy) is 1. The van der Waals surface area contributed by atoms with E-state index in [4.69, 9.17) is 16.3 Å². The molecule has 0 saturated heterocycles. The van der Waals surface area contributed by atoms with Gasteiger partial charge in [-0.15, -0.1) is 0 Å². The van der Waals surface area contributed by atoms with Gasteiger partial charge >= 0.3 is 5.69 Å². The topological polar surface area (TPSA) is 77.3 Å². The average molecular weight is 308 g/mol. The maximum Gasteiger partial charge on any atom is 0.313 e. The van der Waals surface area contributed by atoms with Gasteiger partial charge < -0.3 is 10.1 Å². The molecular formula is C14H14ClN3O3. The molecule has 0 amide bonds. The second-order valence-electron chi connectivity index (χ2n) is 4.28. The van der Waals surface area contributed by atoms with Gasteiger partial charge in [-0.05, 0) is 30.3 Å². The first-order chi connectivity index (χ1) is 10.1. The Balaban J connectivity index is 2.24. The second-order valence-corrected chi connectivity index (χ2v) is 4.72. The third kappa shape index (κ3) is 4.14. The highest BCUT2D eigenvalue weighted by molar-refractivity contribution is 6.30. The minimum absolute atomic E-state index is 0.131. The zero-order chi connectivity index (χ0) is 15.2. The molecule has 2 rings (SSSR count). The van der Waals surface area contributed by atoms with Crippen LogP contribution < -0.4 is 10.1 Å². The van der Waals surface area contributed by atoms with Crippen LogP contribution in [0.2, 0.25) is 5.02 Å². The van der Waals surface area contributed by atoms with Crippen molar-refractivity contribution in [2.45, 2.75) is 13.5 Å². The molecule has 1 N–H and O–H groups in total. The van der Waals surface area contributed by atoms with Gasteiger partial charge in [0.2, 0.25) is 5.75 Å². The van der Waals surface area contributed by atoms with Crippen LogP contribution in [0.15, 0.2) is 36.7 Å². The normalized spacial score (nSPS) is 10.4. The van der Waals surface area contributed by atoms with Crippen molar-refractivity contribution in [1.29, 1.82) is 0 Å². The molecule has 0 aliphatic carbocycles. The molecular weight excluding hydrogens is 294 g/mol. The lowest BCUT2D eigenvalue weighted by atomic mass is 10.2. The summed E-state index contributed by atoms with van der Waals surface area (Å²) < 4.78 is 5.56. The maximum atomic E-state index is 11.0. The molecule has 1 heterocycles. The minimum atomic E-state index is -0.531. The lowest BCUT2D eigenvalue weighted by Gasteiger charge is -2.08. The molecule has 2 aromatic rings. The molecule has 0 aliphatic heterocycles. The van der Waals surface area contributed by atoms with Crippen LogP contribution in [0.1, 0.15) is 12.5 Å². The third-order valence-electron chi connectivity index (χ3n) is 2.69. The summed E-state index contributed by atoms with van der Waals surface area (Å²) in [5.74, 6) is 0.572. The number of benzene rings is 1. The number of pyridine rings is 1. The quantitative estimate of drug-likeness (QED) is 0.652. The number of nitrogens with zero attached hydrogens (tertiary/aromatic N) is 2. The highest BCUT2D eigenvalue weighted by Crippen LogP contribution is 2.33. The van der Waals surface area contributed by atoms with Crippen molar-refractivity contribution >= 4 is 17.3 Å². The summed E-state index contributed by atoms with van der Waals surface area (Å²) in [7, 11) is 0. The molecule has 0 saturated carbocycles. The van der Waals surface area contributed by atoms with E-state index in [1.807, 2.05) is 6.92 Å². The monoisotopic (exact) mass is 307 g/mol. The van der Waals surface area contributed by atoms with Crippen molar-refractivity contribution in [1.82, 2.24) is 10.3 Å². The van der Waals surface area contributed by atoms with Crippen LogP contribution in [-0.2, 0) is 6.54 Å². The van der Waals surface area contributed by atoms with E-state index >= 15 is 0 Å². The molecule has 0 atom stereocenters. The Morgan fingerprint density at radius 3 is 2.90 bits per heavy atom. The first-order valence-corrected chi connectivity index (χ1v) is 6.74. The first kappa shape index (κ1) is 15.2. The van der Waals surface area contributed by atoms with E-state index in [1.165, 1.54) is 18.3 Å². The predicted molar refractivity (Wildman–Crippen MR) is 79.8 cm³/mol. The molecule has 0 spiro atoms. The molecule has 0 bridgehead atoms. The first-order valence-electron chi connectivity index (χ1n) is 6.36. The Morgan fingerprint density at radius 1 is 1.38 bits per heavy atom. The maximum absolute atomic E-state index is 11.0. The van der Waals surface area contributed by atoms with Gasteiger partial charge in [-0.3, -0.25) is 15.1 Å². The molecule has 0 fully saturated rings. The van der Waals surface area contributed by atoms with Crippen molar-refractivity contribution < 1.29 is 9.66 Å². The van der Waals surface area contributed by atoms with E-state index in [0.29, 0.717) is 12.3 Å². The van der Waals surface area contributed by atoms with Crippen LogP contribution in [0.4, 0.5) is 5.69 Å². The zero-order valence-electron chi connectivity index (χ0n) is 11.4. The SMILES string of the molecule is CCNCc1cncc(Oc2ccc(Cl)cc2[N+](=O)[O-])c1. The Kier molecular flexibility index (Phi) is 5.08. The Morgan fingerprint density at radius 2 is 2.19 bits per heavy atom. The van der Waals surface area contributed by atoms with Crippen molar-refractivity contribution in [3.8, 4) is 11.5 Å². The van der Waals surface area contributed by atoms with Gasteiger partial charge in [0.15, 0.2) is 0 Å². The van der Waals surface area contributed by atoms with Crippen molar-refractivity contribution in [3.05, 3.63) is 57.4 Å². The Hall–Kier alpha value is -2.18. The summed E-state index contributed by atoms with van der Waals surface area (Å²) in [6.07, 6.45) is 3.22. The number of aromatic nitrogens is 1. The average Bonchev–Trinajstić information content (AvgIpc) is 2.47. The summed E-state index contributed by atoms with van der Waals surface area (Å²) in [5, 5.41) is 14.5. The van der Waals surface area contributed by atoms with Crippen molar-refractivity contribution in [2.75, 3.05) is 6.54 Å². The highest BCUT2D eigenvalue weighted by atomic mass is 35.5. The van der Waals surface area contributed by atoms with E-state index < -0.39 is 4.92 Å². The standard InChI is InChI=1S/C14H14ClN3O3/c1-2-16-7-10-5-12(9-17-8-10)21-14-4-3-11(15)6-13(14)18(19)20/h3-6,8-9,16H,2,7H2,1H3. The van der Waals surface area contributed by atoms with Gasteiger partial charge in [-0.2, -0.15) is 0 Å². The number of rotatable bonds is 6. The van der Waals surface area contributed by atoms with E-state index in [0.717, 1.165) is 12.1 Å². The number of halogens is 1. The summed E-state index contributed by atoms with van der Waals surface area (Å²) in [4.78, 5) is 14.5.